The number of aromatic nitrogens is 4. The summed E-state index contributed by atoms with van der Waals surface area (Å²) in [5.41, 5.74) is 17.8. The summed E-state index contributed by atoms with van der Waals surface area (Å²) in [5, 5.41) is 0. The molecular weight excluding hydrogens is 730 g/mol. The van der Waals surface area contributed by atoms with Crippen molar-refractivity contribution < 1.29 is 74.5 Å². The summed E-state index contributed by atoms with van der Waals surface area (Å²) in [4.78, 5) is 54.3. The topological polar surface area (TPSA) is 192 Å². The number of nitrogens with one attached hydrogen (secondary N) is 4. The molecule has 0 aliphatic heterocycles. The number of halogens is 2. The minimum atomic E-state index is -3.18. The van der Waals surface area contributed by atoms with Crippen LogP contribution < -0.4 is 11.1 Å². The largest absolute Gasteiger partial charge is 2.00 e. The summed E-state index contributed by atoms with van der Waals surface area (Å²) in [6.07, 6.45) is -0.459. The summed E-state index contributed by atoms with van der Waals surface area (Å²) in [7, 11) is 1.89. The molecule has 3 aromatic carbocycles. The maximum atomic E-state index is 15.7. The third kappa shape index (κ3) is 9.14. The molecule has 1 aliphatic rings. The fourth-order valence-corrected chi connectivity index (χ4v) is 5.34. The number of carbonyl (C=O) groups is 2. The average Bonchev–Trinajstić information content (AvgIpc) is 3.72. The predicted molar refractivity (Wildman–Crippen MR) is 168 cm³/mol. The number of benzene rings is 3. The summed E-state index contributed by atoms with van der Waals surface area (Å²) >= 11 is 0. The van der Waals surface area contributed by atoms with Crippen molar-refractivity contribution in [2.75, 3.05) is 14.2 Å². The number of alkyl halides is 2. The molecule has 1 aliphatic carbocycles. The van der Waals surface area contributed by atoms with E-state index in [2.05, 4.69) is 29.4 Å². The second-order valence-electron chi connectivity index (χ2n) is 9.00. The minimum Gasteiger partial charge on any atom is -0.632 e. The molecule has 0 saturated heterocycles. The van der Waals surface area contributed by atoms with E-state index in [1.54, 1.807) is 30.3 Å². The van der Waals surface area contributed by atoms with Crippen LogP contribution in [0.1, 0.15) is 11.1 Å². The molecule has 2 atom stereocenters. The monoisotopic (exact) mass is 752 g/mol. The van der Waals surface area contributed by atoms with Gasteiger partial charge in [0.1, 0.15) is 0 Å². The second-order valence-corrected chi connectivity index (χ2v) is 10.9. The molecule has 238 valence electrons. The van der Waals surface area contributed by atoms with Crippen LogP contribution in [0.5, 0.6) is 0 Å². The van der Waals surface area contributed by atoms with Crippen LogP contribution in [0, 0.1) is 0 Å². The Bertz CT molecular complexity index is 1890. The van der Waals surface area contributed by atoms with Crippen molar-refractivity contribution in [2.45, 2.75) is 5.92 Å². The Morgan fingerprint density at radius 2 is 1.28 bits per heavy atom. The summed E-state index contributed by atoms with van der Waals surface area (Å²) in [6.45, 7) is 0. The van der Waals surface area contributed by atoms with E-state index in [1.807, 2.05) is 24.2 Å². The van der Waals surface area contributed by atoms with Gasteiger partial charge in [-0.25, -0.2) is 22.0 Å². The van der Waals surface area contributed by atoms with E-state index in [9.17, 15) is 19.2 Å². The molecule has 18 heteroatoms. The van der Waals surface area contributed by atoms with E-state index in [0.29, 0.717) is 44.6 Å². The molecular formula is C29H22F2N6O6P2V2. The van der Waals surface area contributed by atoms with Crippen molar-refractivity contribution in [3.63, 3.8) is 0 Å². The van der Waals surface area contributed by atoms with Gasteiger partial charge in [0.2, 0.25) is 12.2 Å². The Balaban J connectivity index is 0.000000564. The second kappa shape index (κ2) is 17.3. The fourth-order valence-electron chi connectivity index (χ4n) is 4.45. The van der Waals surface area contributed by atoms with Gasteiger partial charge in [-0.05, 0) is 46.5 Å². The molecule has 0 saturated carbocycles. The van der Waals surface area contributed by atoms with Gasteiger partial charge in [0.25, 0.3) is 5.92 Å². The first kappa shape index (κ1) is 39.3. The van der Waals surface area contributed by atoms with Gasteiger partial charge in [0.15, 0.2) is 0 Å². The normalized spacial score (nSPS) is 12.0. The third-order valence-corrected chi connectivity index (χ3v) is 7.59. The van der Waals surface area contributed by atoms with Crippen molar-refractivity contribution in [1.82, 2.24) is 19.9 Å². The molecule has 12 nitrogen and oxygen atoms in total. The van der Waals surface area contributed by atoms with Crippen molar-refractivity contribution in [1.29, 1.82) is 0 Å². The SMILES string of the molecule is COC([NH-])=O.COC([NH-])=O.O=[C-]Pc1ncc(-c2ccc3c(c2)C(F)(F)c2cc(-c4ccc5nc(P[C-]=O)[nH]c5c4)ccc2-3)[nH]1.[V+2].[V+2]. The number of hydrogen-bond acceptors (Lipinski definition) is 8. The number of methoxy groups -OCH3 is 2. The van der Waals surface area contributed by atoms with E-state index >= 15 is 8.78 Å². The number of nitrogens with zero attached hydrogens (tertiary/aromatic N) is 2. The number of hydrogen-bond donors (Lipinski definition) is 2. The van der Waals surface area contributed by atoms with Gasteiger partial charge in [-0.1, -0.05) is 30.3 Å². The van der Waals surface area contributed by atoms with Crippen LogP contribution in [-0.2, 0) is 62.1 Å². The third-order valence-electron chi connectivity index (χ3n) is 6.42. The van der Waals surface area contributed by atoms with E-state index in [4.69, 9.17) is 11.5 Å². The van der Waals surface area contributed by atoms with Crippen LogP contribution in [0.3, 0.4) is 0 Å². The Labute approximate surface area is 293 Å². The minimum absolute atomic E-state index is 0. The Morgan fingerprint density at radius 1 is 0.787 bits per heavy atom. The number of rotatable bonds is 6. The van der Waals surface area contributed by atoms with Gasteiger partial charge in [0, 0.05) is 16.7 Å². The predicted octanol–water partition coefficient (Wildman–Crippen LogP) is 6.09. The molecule has 0 bridgehead atoms. The van der Waals surface area contributed by atoms with Crippen molar-refractivity contribution in [3.8, 4) is 33.5 Å². The molecule has 2 heterocycles. The van der Waals surface area contributed by atoms with E-state index in [0.717, 1.165) is 25.3 Å². The first-order valence-corrected chi connectivity index (χ1v) is 14.6. The van der Waals surface area contributed by atoms with Crippen LogP contribution in [0.25, 0.3) is 56.0 Å². The number of H-pyrrole nitrogens is 2. The molecule has 2 amide bonds. The number of amides is 2. The number of carbonyl (C=O) groups excluding carboxylic acids is 4. The van der Waals surface area contributed by atoms with Gasteiger partial charge >= 0.3 is 37.1 Å². The molecule has 2 radical (unpaired) electrons. The quantitative estimate of drug-likeness (QED) is 0.154. The first-order valence-electron chi connectivity index (χ1n) is 12.6. The van der Waals surface area contributed by atoms with E-state index < -0.39 is 18.1 Å². The zero-order valence-corrected chi connectivity index (χ0v) is 29.1. The molecule has 2 unspecified atom stereocenters. The first-order chi connectivity index (χ1) is 21.5. The van der Waals surface area contributed by atoms with Crippen LogP contribution in [0.4, 0.5) is 18.4 Å². The molecule has 5 aromatic rings. The van der Waals surface area contributed by atoms with Gasteiger partial charge in [-0.3, -0.25) is 9.59 Å². The van der Waals surface area contributed by atoms with Gasteiger partial charge in [-0.15, -0.1) is 0 Å². The molecule has 2 aromatic heterocycles. The van der Waals surface area contributed by atoms with Gasteiger partial charge in [0.05, 0.1) is 48.3 Å². The standard InChI is InChI=1S/C25H14F2N4O2P2.2C2H5NO2.2V/c26-25(27)18-7-13(14-3-6-20-21(9-14)30-24(29-20)35-12-33)1-4-16(18)17-5-2-15(8-19(17)25)22-10-28-23(31-22)34-11-32;2*1-5-2(3)4;;/h1-10,34-35H,(H,28,31)(H,29,30);2*1H3,(H2,3,4);;/q-2;;;2*+2/p-2. The van der Waals surface area contributed by atoms with Crippen molar-refractivity contribution in [3.05, 3.63) is 83.4 Å². The molecule has 47 heavy (non-hydrogen) atoms. The van der Waals surface area contributed by atoms with E-state index in [-0.39, 0.29) is 65.4 Å². The summed E-state index contributed by atoms with van der Waals surface area (Å²) in [6, 6.07) is 19.1. The Morgan fingerprint density at radius 3 is 1.83 bits per heavy atom. The smallest absolute Gasteiger partial charge is 0.632 e. The molecule has 4 N–H and O–H groups in total. The maximum Gasteiger partial charge on any atom is 2.00 e. The molecule has 0 spiro atoms. The van der Waals surface area contributed by atoms with Crippen molar-refractivity contribution >= 4 is 63.6 Å². The van der Waals surface area contributed by atoms with Gasteiger partial charge in [-0.2, -0.15) is 25.9 Å². The van der Waals surface area contributed by atoms with Crippen LogP contribution in [0.15, 0.2) is 60.8 Å². The van der Waals surface area contributed by atoms with E-state index in [1.165, 1.54) is 18.3 Å². The summed E-state index contributed by atoms with van der Waals surface area (Å²) < 4.78 is 38.9. The zero-order chi connectivity index (χ0) is 32.7. The number of fused-ring (bicyclic) bond motifs is 4. The van der Waals surface area contributed by atoms with Gasteiger partial charge < -0.3 is 40.5 Å². The zero-order valence-electron chi connectivity index (χ0n) is 24.3. The maximum absolute atomic E-state index is 15.7. The number of aromatic amines is 2. The van der Waals surface area contributed by atoms with Crippen molar-refractivity contribution in [2.24, 2.45) is 0 Å². The Kier molecular flexibility index (Phi) is 14.5. The number of imidazole rings is 2. The molecule has 6 rings (SSSR count). The van der Waals surface area contributed by atoms with Crippen LogP contribution in [-0.4, -0.2) is 58.4 Å². The van der Waals surface area contributed by atoms with Crippen LogP contribution in [0.2, 0.25) is 0 Å². The average molecular weight is 752 g/mol. The van der Waals surface area contributed by atoms with Crippen LogP contribution >= 0.6 is 17.2 Å². The fraction of sp³-hybridized carbons (Fsp3) is 0.103. The Hall–Kier alpha value is -3.89. The summed E-state index contributed by atoms with van der Waals surface area (Å²) in [5.74, 6) is -3.18. The molecule has 0 fully saturated rings. The number of ether oxygens (including phenoxy) is 2.